The van der Waals surface area contributed by atoms with E-state index in [0.717, 1.165) is 84.3 Å². The molecule has 5 heterocycles. The normalized spacial score (nSPS) is 11.9. The maximum atomic E-state index is 6.27. The molecule has 0 amide bonds. The van der Waals surface area contributed by atoms with Crippen molar-refractivity contribution in [1.29, 1.82) is 0 Å². The van der Waals surface area contributed by atoms with Gasteiger partial charge in [-0.15, -0.1) is 0 Å². The number of rotatable bonds is 6. The van der Waals surface area contributed by atoms with E-state index in [-0.39, 0.29) is 0 Å². The number of aromatic amines is 2. The van der Waals surface area contributed by atoms with E-state index in [2.05, 4.69) is 46.4 Å². The third kappa shape index (κ3) is 5.29. The Kier molecular flexibility index (Phi) is 7.30. The van der Waals surface area contributed by atoms with Crippen LogP contribution in [-0.2, 0) is 0 Å². The molecule has 0 aliphatic carbocycles. The van der Waals surface area contributed by atoms with Gasteiger partial charge in [-0.1, -0.05) is 36.4 Å². The average Bonchev–Trinajstić information content (AvgIpc) is 3.97. The van der Waals surface area contributed by atoms with Crippen LogP contribution >= 0.6 is 0 Å². The Morgan fingerprint density at radius 3 is 1.29 bits per heavy atom. The number of nitrogens with one attached hydrogen (secondary N) is 2. The fraction of sp³-hybridized carbons (Fsp3) is 0.0750. The highest BCUT2D eigenvalue weighted by atomic mass is 16.5. The highest BCUT2D eigenvalue weighted by Crippen LogP contribution is 2.37. The van der Waals surface area contributed by atoms with Gasteiger partial charge in [-0.2, -0.15) is 9.40 Å². The van der Waals surface area contributed by atoms with Gasteiger partial charge in [0.05, 0.1) is 56.1 Å². The topological polar surface area (TPSA) is 96.3 Å². The van der Waals surface area contributed by atoms with Gasteiger partial charge < -0.3 is 19.2 Å². The summed E-state index contributed by atoms with van der Waals surface area (Å²) in [4.78, 5) is 17.4. The summed E-state index contributed by atoms with van der Waals surface area (Å²) in [6.07, 6.45) is 7.98. The van der Waals surface area contributed by atoms with E-state index in [1.807, 2.05) is 84.9 Å². The standard InChI is InChI=1S/C40H31N4O4/c1-45-27-10-4-24(5-11-27)38-30-16-18-32(41-30)39(25-6-12-28(46-2)13-7-25)34-20-22-36(43-34)48-37-23-21-35(44-37)40(33-19-17-31(38)42-33)26-8-14-29(47-3)15-9-26/h4-23,41,44H,1-3H3/q+1. The summed E-state index contributed by atoms with van der Waals surface area (Å²) in [5.74, 6) is 2.82. The number of fused-ring (bicyclic) bond motifs is 8. The van der Waals surface area contributed by atoms with Crippen LogP contribution in [-0.4, -0.2) is 41.3 Å². The van der Waals surface area contributed by atoms with E-state index in [0.29, 0.717) is 11.6 Å². The molecular weight excluding hydrogens is 600 g/mol. The minimum Gasteiger partial charge on any atom is -0.497 e. The van der Waals surface area contributed by atoms with Gasteiger partial charge >= 0.3 is 11.6 Å². The van der Waals surface area contributed by atoms with Gasteiger partial charge in [0.25, 0.3) is 0 Å². The van der Waals surface area contributed by atoms with Crippen molar-refractivity contribution in [2.24, 2.45) is 0 Å². The Morgan fingerprint density at radius 2 is 0.833 bits per heavy atom. The van der Waals surface area contributed by atoms with Crippen molar-refractivity contribution in [2.45, 2.75) is 0 Å². The molecule has 3 aromatic heterocycles. The summed E-state index contributed by atoms with van der Waals surface area (Å²) in [7, 11) is 5.00. The van der Waals surface area contributed by atoms with Crippen molar-refractivity contribution in [3.63, 3.8) is 0 Å². The first-order valence-electron chi connectivity index (χ1n) is 15.5. The fourth-order valence-corrected chi connectivity index (χ4v) is 6.16. The fourth-order valence-electron chi connectivity index (χ4n) is 6.16. The second kappa shape index (κ2) is 12.1. The van der Waals surface area contributed by atoms with Crippen LogP contribution in [0, 0.1) is 0 Å². The quantitative estimate of drug-likeness (QED) is 0.178. The van der Waals surface area contributed by atoms with Crippen LogP contribution in [0.15, 0.2) is 101 Å². The van der Waals surface area contributed by atoms with Gasteiger partial charge in [0.1, 0.15) is 17.2 Å². The monoisotopic (exact) mass is 631 g/mol. The van der Waals surface area contributed by atoms with Crippen LogP contribution in [0.3, 0.4) is 0 Å². The van der Waals surface area contributed by atoms with Crippen LogP contribution in [0.25, 0.3) is 79.9 Å². The molecule has 2 aliphatic heterocycles. The summed E-state index contributed by atoms with van der Waals surface area (Å²) < 4.78 is 22.6. The number of methoxy groups -OCH3 is 3. The number of benzene rings is 3. The maximum Gasteiger partial charge on any atom is 0.455 e. The zero-order valence-electron chi connectivity index (χ0n) is 26.6. The zero-order valence-corrected chi connectivity index (χ0v) is 26.6. The van der Waals surface area contributed by atoms with Gasteiger partial charge in [-0.05, 0) is 89.5 Å². The van der Waals surface area contributed by atoms with Crippen LogP contribution in [0.4, 0.5) is 0 Å². The molecule has 8 heteroatoms. The Hall–Kier alpha value is -6.41. The molecule has 2 aliphatic rings. The van der Waals surface area contributed by atoms with E-state index in [1.54, 1.807) is 21.3 Å². The van der Waals surface area contributed by atoms with Crippen molar-refractivity contribution in [2.75, 3.05) is 21.3 Å². The van der Waals surface area contributed by atoms with Gasteiger partial charge in [0.15, 0.2) is 0 Å². The molecular formula is C40H31N4O4+. The van der Waals surface area contributed by atoms with Gasteiger partial charge in [-0.3, -0.25) is 4.98 Å². The maximum absolute atomic E-state index is 6.27. The molecule has 0 radical (unpaired) electrons. The van der Waals surface area contributed by atoms with Crippen molar-refractivity contribution in [1.82, 2.24) is 19.9 Å². The summed E-state index contributed by atoms with van der Waals surface area (Å²) in [5, 5.41) is 0. The van der Waals surface area contributed by atoms with Crippen molar-refractivity contribution in [3.05, 3.63) is 120 Å². The number of ether oxygens (including phenoxy) is 3. The Labute approximate surface area is 276 Å². The van der Waals surface area contributed by atoms with Crippen LogP contribution in [0.2, 0.25) is 0 Å². The minimum atomic E-state index is 0.480. The minimum absolute atomic E-state index is 0.480. The first-order valence-corrected chi connectivity index (χ1v) is 15.5. The third-order valence-electron chi connectivity index (χ3n) is 8.53. The summed E-state index contributed by atoms with van der Waals surface area (Å²) in [6.45, 7) is 0. The highest BCUT2D eigenvalue weighted by molar-refractivity contribution is 5.97. The van der Waals surface area contributed by atoms with Crippen molar-refractivity contribution < 1.29 is 18.6 Å². The number of hydrogen-bond acceptors (Lipinski definition) is 5. The SMILES string of the molecule is COc1ccc(-c2c3nc(c(-c4ccc(OC)cc4)c4ccc([nH]4)c(-c4ccc(OC)cc4)c4nc([o+]c5ccc2[nH]5)C=C4)C=C3)cc1. The Morgan fingerprint density at radius 1 is 0.438 bits per heavy atom. The predicted octanol–water partition coefficient (Wildman–Crippen LogP) is 9.56. The molecule has 6 aromatic rings. The van der Waals surface area contributed by atoms with Crippen LogP contribution < -0.4 is 14.2 Å². The lowest BCUT2D eigenvalue weighted by molar-refractivity contribution is 0.415. The predicted molar refractivity (Wildman–Crippen MR) is 191 cm³/mol. The molecule has 8 bridgehead atoms. The third-order valence-corrected chi connectivity index (χ3v) is 8.53. The largest absolute Gasteiger partial charge is 0.497 e. The summed E-state index contributed by atoms with van der Waals surface area (Å²) in [5.41, 5.74) is 11.4. The number of hydrogen-bond donors (Lipinski definition) is 2. The molecule has 2 N–H and O–H groups in total. The highest BCUT2D eigenvalue weighted by Gasteiger charge is 2.20. The molecule has 0 atom stereocenters. The molecule has 8 rings (SSSR count). The average molecular weight is 632 g/mol. The first kappa shape index (κ1) is 29.0. The smallest absolute Gasteiger partial charge is 0.455 e. The Bertz CT molecular complexity index is 2340. The second-order valence-electron chi connectivity index (χ2n) is 11.3. The number of aromatic nitrogens is 4. The van der Waals surface area contributed by atoms with Crippen molar-refractivity contribution in [3.8, 4) is 50.6 Å². The van der Waals surface area contributed by atoms with E-state index in [4.69, 9.17) is 28.6 Å². The summed E-state index contributed by atoms with van der Waals surface area (Å²) >= 11 is 0. The molecule has 0 spiro atoms. The lowest BCUT2D eigenvalue weighted by Crippen LogP contribution is -1.89. The lowest BCUT2D eigenvalue weighted by atomic mass is 10.0. The molecule has 0 fully saturated rings. The summed E-state index contributed by atoms with van der Waals surface area (Å²) in [6, 6.07) is 32.1. The molecule has 3 aromatic carbocycles. The number of nitrogens with zero attached hydrogens (tertiary/aromatic N) is 2. The van der Waals surface area contributed by atoms with E-state index >= 15 is 0 Å². The molecule has 48 heavy (non-hydrogen) atoms. The van der Waals surface area contributed by atoms with Crippen LogP contribution in [0.1, 0.15) is 23.0 Å². The Balaban J connectivity index is 1.49. The second-order valence-corrected chi connectivity index (χ2v) is 11.3. The van der Waals surface area contributed by atoms with Crippen molar-refractivity contribution >= 4 is 46.6 Å². The molecule has 0 unspecified atom stereocenters. The van der Waals surface area contributed by atoms with Crippen LogP contribution in [0.5, 0.6) is 17.2 Å². The van der Waals surface area contributed by atoms with E-state index in [1.165, 1.54) is 0 Å². The first-order chi connectivity index (χ1) is 23.6. The molecule has 0 saturated heterocycles. The molecule has 8 nitrogen and oxygen atoms in total. The molecule has 0 saturated carbocycles. The van der Waals surface area contributed by atoms with E-state index < -0.39 is 0 Å². The van der Waals surface area contributed by atoms with E-state index in [9.17, 15) is 0 Å². The zero-order chi connectivity index (χ0) is 32.6. The number of H-pyrrole nitrogens is 2. The van der Waals surface area contributed by atoms with Gasteiger partial charge in [0.2, 0.25) is 0 Å². The van der Waals surface area contributed by atoms with Gasteiger partial charge in [-0.25, -0.2) is 4.98 Å². The molecule has 234 valence electrons. The van der Waals surface area contributed by atoms with Gasteiger partial charge in [0, 0.05) is 27.7 Å². The lowest BCUT2D eigenvalue weighted by Gasteiger charge is -2.07.